The third-order valence-corrected chi connectivity index (χ3v) is 3.68. The number of rotatable bonds is 4. The van der Waals surface area contributed by atoms with E-state index in [4.69, 9.17) is 23.2 Å². The molecule has 0 unspecified atom stereocenters. The van der Waals surface area contributed by atoms with E-state index in [1.165, 1.54) is 12.3 Å². The number of nitrogens with zero attached hydrogens (tertiary/aromatic N) is 2. The summed E-state index contributed by atoms with van der Waals surface area (Å²) in [5.74, 6) is -0.868. The van der Waals surface area contributed by atoms with E-state index in [-0.39, 0.29) is 11.6 Å². The molecule has 8 heteroatoms. The van der Waals surface area contributed by atoms with Gasteiger partial charge in [0.2, 0.25) is 5.95 Å². The molecule has 24 heavy (non-hydrogen) atoms. The van der Waals surface area contributed by atoms with Gasteiger partial charge in [-0.1, -0.05) is 29.3 Å². The number of nitrogens with one attached hydrogen (secondary N) is 2. The maximum absolute atomic E-state index is 13.7. The normalized spacial score (nSPS) is 10.5. The van der Waals surface area contributed by atoms with Gasteiger partial charge in [0.25, 0.3) is 0 Å². The SMILES string of the molecule is Fc1ccc(Nc2nccc(Nc3c(Cl)cccc3Cl)n2)c(F)c1. The minimum Gasteiger partial charge on any atom is -0.338 e. The molecule has 3 rings (SSSR count). The Balaban J connectivity index is 1.84. The van der Waals surface area contributed by atoms with Crippen molar-refractivity contribution < 1.29 is 8.78 Å². The number of para-hydroxylation sites is 1. The quantitative estimate of drug-likeness (QED) is 0.635. The van der Waals surface area contributed by atoms with Crippen molar-refractivity contribution >= 4 is 46.3 Å². The van der Waals surface area contributed by atoms with Crippen LogP contribution >= 0.6 is 23.2 Å². The zero-order valence-corrected chi connectivity index (χ0v) is 13.5. The van der Waals surface area contributed by atoms with Crippen LogP contribution in [0.25, 0.3) is 0 Å². The van der Waals surface area contributed by atoms with Crippen LogP contribution in [0, 0.1) is 11.6 Å². The molecule has 3 aromatic rings. The Bertz CT molecular complexity index is 869. The molecule has 122 valence electrons. The number of anilines is 4. The van der Waals surface area contributed by atoms with Crippen molar-refractivity contribution in [1.82, 2.24) is 9.97 Å². The minimum atomic E-state index is -0.744. The third-order valence-electron chi connectivity index (χ3n) is 3.05. The van der Waals surface area contributed by atoms with Gasteiger partial charge in [-0.3, -0.25) is 0 Å². The Kier molecular flexibility index (Phi) is 4.78. The van der Waals surface area contributed by atoms with Crippen LogP contribution in [-0.2, 0) is 0 Å². The van der Waals surface area contributed by atoms with Gasteiger partial charge in [-0.05, 0) is 30.3 Å². The highest BCUT2D eigenvalue weighted by Gasteiger charge is 2.09. The lowest BCUT2D eigenvalue weighted by Crippen LogP contribution is -2.02. The first kappa shape index (κ1) is 16.4. The first-order valence-electron chi connectivity index (χ1n) is 6.79. The summed E-state index contributed by atoms with van der Waals surface area (Å²) in [6.07, 6.45) is 1.48. The van der Waals surface area contributed by atoms with Crippen LogP contribution in [-0.4, -0.2) is 9.97 Å². The Hall–Kier alpha value is -2.44. The highest BCUT2D eigenvalue weighted by Crippen LogP contribution is 2.32. The van der Waals surface area contributed by atoms with E-state index in [0.29, 0.717) is 21.6 Å². The van der Waals surface area contributed by atoms with Crippen molar-refractivity contribution in [3.8, 4) is 0 Å². The Morgan fingerprint density at radius 2 is 1.67 bits per heavy atom. The molecule has 0 saturated carbocycles. The predicted molar refractivity (Wildman–Crippen MR) is 91.4 cm³/mol. The summed E-state index contributed by atoms with van der Waals surface area (Å²) in [7, 11) is 0. The molecule has 0 aliphatic heterocycles. The third kappa shape index (κ3) is 3.72. The first-order chi connectivity index (χ1) is 11.5. The summed E-state index contributed by atoms with van der Waals surface area (Å²) >= 11 is 12.2. The predicted octanol–water partition coefficient (Wildman–Crippen LogP) is 5.55. The molecule has 0 atom stereocenters. The second-order valence-electron chi connectivity index (χ2n) is 4.74. The maximum Gasteiger partial charge on any atom is 0.229 e. The average molecular weight is 367 g/mol. The molecule has 2 aromatic carbocycles. The fourth-order valence-electron chi connectivity index (χ4n) is 1.95. The summed E-state index contributed by atoms with van der Waals surface area (Å²) in [6, 6.07) is 9.87. The summed E-state index contributed by atoms with van der Waals surface area (Å²) in [4.78, 5) is 8.19. The summed E-state index contributed by atoms with van der Waals surface area (Å²) < 4.78 is 26.6. The number of halogens is 4. The molecule has 0 amide bonds. The zero-order chi connectivity index (χ0) is 17.1. The van der Waals surface area contributed by atoms with Gasteiger partial charge < -0.3 is 10.6 Å². The van der Waals surface area contributed by atoms with Crippen molar-refractivity contribution in [2.75, 3.05) is 10.6 Å². The second-order valence-corrected chi connectivity index (χ2v) is 5.55. The highest BCUT2D eigenvalue weighted by molar-refractivity contribution is 6.39. The lowest BCUT2D eigenvalue weighted by Gasteiger charge is -2.11. The molecular weight excluding hydrogens is 357 g/mol. The monoisotopic (exact) mass is 366 g/mol. The number of aromatic nitrogens is 2. The molecule has 0 fully saturated rings. The van der Waals surface area contributed by atoms with Gasteiger partial charge in [0.05, 0.1) is 21.4 Å². The van der Waals surface area contributed by atoms with Crippen LogP contribution in [0.3, 0.4) is 0 Å². The van der Waals surface area contributed by atoms with Crippen LogP contribution in [0.4, 0.5) is 31.9 Å². The molecule has 0 aliphatic rings. The van der Waals surface area contributed by atoms with E-state index in [2.05, 4.69) is 20.6 Å². The molecule has 0 bridgehead atoms. The summed E-state index contributed by atoms with van der Waals surface area (Å²) in [5, 5.41) is 6.53. The standard InChI is InChI=1S/C16H10Cl2F2N4/c17-10-2-1-3-11(18)15(10)23-14-6-7-21-16(24-14)22-13-5-4-9(19)8-12(13)20/h1-8H,(H2,21,22,23,24). The van der Waals surface area contributed by atoms with Crippen LogP contribution in [0.2, 0.25) is 10.0 Å². The van der Waals surface area contributed by atoms with E-state index in [1.807, 2.05) is 0 Å². The van der Waals surface area contributed by atoms with E-state index in [1.54, 1.807) is 24.3 Å². The van der Waals surface area contributed by atoms with Crippen LogP contribution in [0.1, 0.15) is 0 Å². The van der Waals surface area contributed by atoms with Crippen LogP contribution < -0.4 is 10.6 Å². The first-order valence-corrected chi connectivity index (χ1v) is 7.54. The highest BCUT2D eigenvalue weighted by atomic mass is 35.5. The number of hydrogen-bond acceptors (Lipinski definition) is 4. The zero-order valence-electron chi connectivity index (χ0n) is 12.0. The van der Waals surface area contributed by atoms with Crippen LogP contribution in [0.5, 0.6) is 0 Å². The fourth-order valence-corrected chi connectivity index (χ4v) is 2.44. The smallest absolute Gasteiger partial charge is 0.229 e. The topological polar surface area (TPSA) is 49.8 Å². The van der Waals surface area contributed by atoms with Gasteiger partial charge in [-0.2, -0.15) is 4.98 Å². The molecule has 0 radical (unpaired) electrons. The van der Waals surface area contributed by atoms with Crippen molar-refractivity contribution in [2.45, 2.75) is 0 Å². The Morgan fingerprint density at radius 1 is 0.917 bits per heavy atom. The second kappa shape index (κ2) is 6.98. The van der Waals surface area contributed by atoms with Crippen molar-refractivity contribution in [1.29, 1.82) is 0 Å². The summed E-state index contributed by atoms with van der Waals surface area (Å²) in [6.45, 7) is 0. The fraction of sp³-hybridized carbons (Fsp3) is 0. The van der Waals surface area contributed by atoms with Crippen molar-refractivity contribution in [2.24, 2.45) is 0 Å². The molecule has 0 aliphatic carbocycles. The molecule has 1 heterocycles. The van der Waals surface area contributed by atoms with Gasteiger partial charge in [0.15, 0.2) is 0 Å². The van der Waals surface area contributed by atoms with Gasteiger partial charge >= 0.3 is 0 Å². The number of hydrogen-bond donors (Lipinski definition) is 2. The Labute approximate surface area is 146 Å². The molecular formula is C16H10Cl2F2N4. The molecule has 0 saturated heterocycles. The molecule has 1 aromatic heterocycles. The van der Waals surface area contributed by atoms with Crippen molar-refractivity contribution in [3.05, 3.63) is 70.3 Å². The van der Waals surface area contributed by atoms with Gasteiger partial charge in [-0.15, -0.1) is 0 Å². The van der Waals surface area contributed by atoms with Gasteiger partial charge in [0.1, 0.15) is 17.5 Å². The Morgan fingerprint density at radius 3 is 2.38 bits per heavy atom. The maximum atomic E-state index is 13.7. The summed E-state index contributed by atoms with van der Waals surface area (Å²) in [5.41, 5.74) is 0.558. The molecule has 0 spiro atoms. The van der Waals surface area contributed by atoms with Crippen molar-refractivity contribution in [3.63, 3.8) is 0 Å². The van der Waals surface area contributed by atoms with E-state index < -0.39 is 11.6 Å². The van der Waals surface area contributed by atoms with Gasteiger partial charge in [0, 0.05) is 12.3 Å². The lowest BCUT2D eigenvalue weighted by atomic mass is 10.3. The lowest BCUT2D eigenvalue weighted by molar-refractivity contribution is 0.586. The van der Waals surface area contributed by atoms with E-state index in [9.17, 15) is 8.78 Å². The molecule has 2 N–H and O–H groups in total. The van der Waals surface area contributed by atoms with E-state index >= 15 is 0 Å². The minimum absolute atomic E-state index is 0.0596. The molecule has 4 nitrogen and oxygen atoms in total. The van der Waals surface area contributed by atoms with E-state index in [0.717, 1.165) is 12.1 Å². The van der Waals surface area contributed by atoms with Gasteiger partial charge in [-0.25, -0.2) is 13.8 Å². The number of benzene rings is 2. The average Bonchev–Trinajstić information content (AvgIpc) is 2.54. The van der Waals surface area contributed by atoms with Crippen LogP contribution in [0.15, 0.2) is 48.7 Å². The largest absolute Gasteiger partial charge is 0.338 e.